The normalized spacial score (nSPS) is 10.1. The summed E-state index contributed by atoms with van der Waals surface area (Å²) in [5, 5.41) is 8.41. The average molecular weight is 284 g/mol. The first-order valence-electron chi connectivity index (χ1n) is 5.03. The van der Waals surface area contributed by atoms with Gasteiger partial charge in [-0.25, -0.2) is 13.2 Å². The van der Waals surface area contributed by atoms with E-state index in [4.69, 9.17) is 21.6 Å². The van der Waals surface area contributed by atoms with Gasteiger partial charge in [-0.15, -0.1) is 0 Å². The summed E-state index contributed by atoms with van der Waals surface area (Å²) >= 11 is 5.47. The summed E-state index contributed by atoms with van der Waals surface area (Å²) in [6.45, 7) is 0. The molecule has 0 aliphatic carbocycles. The summed E-state index contributed by atoms with van der Waals surface area (Å²) in [4.78, 5) is 0. The summed E-state index contributed by atoms with van der Waals surface area (Å²) in [6.07, 6.45) is 0. The number of nitriles is 1. The Labute approximate surface area is 111 Å². The summed E-state index contributed by atoms with van der Waals surface area (Å²) < 4.78 is 45.1. The molecule has 2 aromatic rings. The molecule has 0 saturated carbocycles. The summed E-state index contributed by atoms with van der Waals surface area (Å²) in [5.74, 6) is -3.68. The second kappa shape index (κ2) is 5.21. The second-order valence-corrected chi connectivity index (χ2v) is 3.97. The van der Waals surface area contributed by atoms with Crippen LogP contribution in [0.1, 0.15) is 5.56 Å². The molecule has 0 heterocycles. The lowest BCUT2D eigenvalue weighted by molar-refractivity contribution is 0.405. The third-order valence-electron chi connectivity index (χ3n) is 2.24. The van der Waals surface area contributed by atoms with Crippen LogP contribution in [-0.2, 0) is 0 Å². The quantitative estimate of drug-likeness (QED) is 0.817. The van der Waals surface area contributed by atoms with Gasteiger partial charge in [-0.1, -0.05) is 11.6 Å². The van der Waals surface area contributed by atoms with Gasteiger partial charge in [0.2, 0.25) is 0 Å². The van der Waals surface area contributed by atoms with Crippen LogP contribution in [0.2, 0.25) is 5.02 Å². The predicted molar refractivity (Wildman–Crippen MR) is 62.6 cm³/mol. The van der Waals surface area contributed by atoms with E-state index < -0.39 is 23.2 Å². The van der Waals surface area contributed by atoms with E-state index in [-0.39, 0.29) is 16.3 Å². The summed E-state index contributed by atoms with van der Waals surface area (Å²) in [5.41, 5.74) is -0.176. The van der Waals surface area contributed by atoms with Gasteiger partial charge in [0.15, 0.2) is 17.4 Å². The molecule has 0 aliphatic rings. The SMILES string of the molecule is N#Cc1cc(F)c(Oc2ccc(Cl)c(F)c2)c(F)c1. The first-order chi connectivity index (χ1) is 9.01. The van der Waals surface area contributed by atoms with Gasteiger partial charge in [-0.3, -0.25) is 0 Å². The molecule has 0 bridgehead atoms. The van der Waals surface area contributed by atoms with Crippen LogP contribution in [0.3, 0.4) is 0 Å². The maximum Gasteiger partial charge on any atom is 0.198 e. The minimum absolute atomic E-state index is 0.107. The lowest BCUT2D eigenvalue weighted by Gasteiger charge is -2.08. The van der Waals surface area contributed by atoms with E-state index in [1.807, 2.05) is 0 Å². The van der Waals surface area contributed by atoms with Crippen molar-refractivity contribution in [3.05, 3.63) is 58.4 Å². The molecular formula is C13H5ClF3NO. The standard InChI is InChI=1S/C13H5ClF3NO/c14-9-2-1-8(5-10(9)15)19-13-11(16)3-7(6-18)4-12(13)17/h1-5H. The molecule has 0 amide bonds. The van der Waals surface area contributed by atoms with Crippen LogP contribution in [0.25, 0.3) is 0 Å². The van der Waals surface area contributed by atoms with Gasteiger partial charge < -0.3 is 4.74 Å². The van der Waals surface area contributed by atoms with E-state index in [9.17, 15) is 13.2 Å². The molecule has 0 fully saturated rings. The Balaban J connectivity index is 2.38. The number of nitrogens with zero attached hydrogens (tertiary/aromatic N) is 1. The van der Waals surface area contributed by atoms with Crippen molar-refractivity contribution in [2.75, 3.05) is 0 Å². The Hall–Kier alpha value is -2.19. The maximum atomic E-state index is 13.5. The van der Waals surface area contributed by atoms with E-state index in [1.54, 1.807) is 6.07 Å². The van der Waals surface area contributed by atoms with Crippen molar-refractivity contribution in [3.8, 4) is 17.6 Å². The molecule has 2 rings (SSSR count). The average Bonchev–Trinajstić information content (AvgIpc) is 2.37. The molecule has 0 N–H and O–H groups in total. The van der Waals surface area contributed by atoms with Gasteiger partial charge in [0.05, 0.1) is 16.7 Å². The number of hydrogen-bond acceptors (Lipinski definition) is 2. The van der Waals surface area contributed by atoms with Crippen molar-refractivity contribution in [3.63, 3.8) is 0 Å². The van der Waals surface area contributed by atoms with E-state index in [0.29, 0.717) is 0 Å². The molecule has 0 atom stereocenters. The van der Waals surface area contributed by atoms with Crippen molar-refractivity contribution in [2.24, 2.45) is 0 Å². The molecule has 0 aromatic heterocycles. The van der Waals surface area contributed by atoms with E-state index in [0.717, 1.165) is 18.2 Å². The van der Waals surface area contributed by atoms with E-state index in [2.05, 4.69) is 0 Å². The van der Waals surface area contributed by atoms with Crippen LogP contribution in [0, 0.1) is 28.8 Å². The fourth-order valence-corrected chi connectivity index (χ4v) is 1.50. The fraction of sp³-hybridized carbons (Fsp3) is 0. The number of benzene rings is 2. The molecule has 0 aliphatic heterocycles. The molecule has 0 radical (unpaired) electrons. The van der Waals surface area contributed by atoms with Crippen molar-refractivity contribution >= 4 is 11.6 Å². The monoisotopic (exact) mass is 283 g/mol. The highest BCUT2D eigenvalue weighted by Gasteiger charge is 2.14. The predicted octanol–water partition coefficient (Wildman–Crippen LogP) is 4.42. The molecule has 2 aromatic carbocycles. The number of hydrogen-bond donors (Lipinski definition) is 0. The third-order valence-corrected chi connectivity index (χ3v) is 2.54. The van der Waals surface area contributed by atoms with Crippen molar-refractivity contribution in [2.45, 2.75) is 0 Å². The van der Waals surface area contributed by atoms with Gasteiger partial charge in [-0.2, -0.15) is 5.26 Å². The highest BCUT2D eigenvalue weighted by molar-refractivity contribution is 6.30. The zero-order valence-corrected chi connectivity index (χ0v) is 10.0. The first kappa shape index (κ1) is 13.2. The van der Waals surface area contributed by atoms with Crippen LogP contribution >= 0.6 is 11.6 Å². The second-order valence-electron chi connectivity index (χ2n) is 3.56. The highest BCUT2D eigenvalue weighted by Crippen LogP contribution is 2.30. The molecule has 96 valence electrons. The number of rotatable bonds is 2. The third kappa shape index (κ3) is 2.80. The van der Waals surface area contributed by atoms with Gasteiger partial charge >= 0.3 is 0 Å². The highest BCUT2D eigenvalue weighted by atomic mass is 35.5. The molecule has 0 saturated heterocycles. The Morgan fingerprint density at radius 1 is 1.00 bits per heavy atom. The van der Waals surface area contributed by atoms with Crippen molar-refractivity contribution < 1.29 is 17.9 Å². The zero-order chi connectivity index (χ0) is 14.0. The van der Waals surface area contributed by atoms with Gasteiger partial charge in [0, 0.05) is 6.07 Å². The molecular weight excluding hydrogens is 279 g/mol. The van der Waals surface area contributed by atoms with Crippen LogP contribution < -0.4 is 4.74 Å². The number of ether oxygens (including phenoxy) is 1. The Morgan fingerprint density at radius 2 is 1.63 bits per heavy atom. The van der Waals surface area contributed by atoms with E-state index in [1.165, 1.54) is 12.1 Å². The zero-order valence-electron chi connectivity index (χ0n) is 9.25. The first-order valence-corrected chi connectivity index (χ1v) is 5.41. The topological polar surface area (TPSA) is 33.0 Å². The lowest BCUT2D eigenvalue weighted by Crippen LogP contribution is -1.94. The minimum atomic E-state index is -1.05. The molecule has 2 nitrogen and oxygen atoms in total. The summed E-state index contributed by atoms with van der Waals surface area (Å²) in [6, 6.07) is 6.62. The Kier molecular flexibility index (Phi) is 3.63. The van der Waals surface area contributed by atoms with Gasteiger partial charge in [-0.05, 0) is 24.3 Å². The van der Waals surface area contributed by atoms with Crippen molar-refractivity contribution in [1.82, 2.24) is 0 Å². The minimum Gasteiger partial charge on any atom is -0.451 e. The van der Waals surface area contributed by atoms with E-state index >= 15 is 0 Å². The lowest BCUT2D eigenvalue weighted by atomic mass is 10.2. The molecule has 0 spiro atoms. The van der Waals surface area contributed by atoms with Crippen LogP contribution in [0.5, 0.6) is 11.5 Å². The van der Waals surface area contributed by atoms with Crippen LogP contribution in [-0.4, -0.2) is 0 Å². The molecule has 6 heteroatoms. The Morgan fingerprint density at radius 3 is 2.16 bits per heavy atom. The number of halogens is 4. The smallest absolute Gasteiger partial charge is 0.198 e. The maximum absolute atomic E-state index is 13.5. The van der Waals surface area contributed by atoms with Crippen molar-refractivity contribution in [1.29, 1.82) is 5.26 Å². The molecule has 19 heavy (non-hydrogen) atoms. The molecule has 0 unspecified atom stereocenters. The Bertz CT molecular complexity index is 659. The fourth-order valence-electron chi connectivity index (χ4n) is 1.38. The van der Waals surface area contributed by atoms with Gasteiger partial charge in [0.1, 0.15) is 11.6 Å². The largest absolute Gasteiger partial charge is 0.451 e. The summed E-state index contributed by atoms with van der Waals surface area (Å²) in [7, 11) is 0. The van der Waals surface area contributed by atoms with Crippen LogP contribution in [0.15, 0.2) is 30.3 Å². The van der Waals surface area contributed by atoms with Crippen LogP contribution in [0.4, 0.5) is 13.2 Å². The van der Waals surface area contributed by atoms with Gasteiger partial charge in [0.25, 0.3) is 0 Å².